The number of carbonyl (C=O) groups excluding carboxylic acids is 1. The predicted molar refractivity (Wildman–Crippen MR) is 139 cm³/mol. The number of carboxylic acids is 1. The van der Waals surface area contributed by atoms with Crippen molar-refractivity contribution in [3.63, 3.8) is 0 Å². The minimum Gasteiger partial charge on any atom is -0.480 e. The van der Waals surface area contributed by atoms with E-state index < -0.39 is 53.0 Å². The van der Waals surface area contributed by atoms with Crippen LogP contribution in [-0.4, -0.2) is 50.7 Å². The highest BCUT2D eigenvalue weighted by atomic mass is 35.5. The molecule has 0 aromatic heterocycles. The van der Waals surface area contributed by atoms with Gasteiger partial charge in [0.05, 0.1) is 5.92 Å². The van der Waals surface area contributed by atoms with Gasteiger partial charge in [-0.2, -0.15) is 13.2 Å². The van der Waals surface area contributed by atoms with Gasteiger partial charge in [0.25, 0.3) is 0 Å². The number of carbonyl (C=O) groups is 2. The summed E-state index contributed by atoms with van der Waals surface area (Å²) in [4.78, 5) is 23.3. The first-order valence-corrected chi connectivity index (χ1v) is 13.5. The number of alkyl halides is 3. The van der Waals surface area contributed by atoms with E-state index in [1.54, 1.807) is 32.9 Å². The fourth-order valence-corrected chi connectivity index (χ4v) is 5.16. The molecule has 0 aliphatic heterocycles. The Morgan fingerprint density at radius 3 is 2.14 bits per heavy atom. The highest BCUT2D eigenvalue weighted by Gasteiger charge is 2.40. The molecule has 2 aromatic carbocycles. The Morgan fingerprint density at radius 2 is 1.62 bits per heavy atom. The van der Waals surface area contributed by atoms with Crippen molar-refractivity contribution in [3.05, 3.63) is 58.1 Å². The maximum atomic E-state index is 13.8. The summed E-state index contributed by atoms with van der Waals surface area (Å²) in [6, 6.07) is 9.22. The Balaban J connectivity index is 2.02. The lowest BCUT2D eigenvalue weighted by Gasteiger charge is -2.22. The first-order chi connectivity index (χ1) is 17.1. The Labute approximate surface area is 225 Å². The summed E-state index contributed by atoms with van der Waals surface area (Å²) < 4.78 is 58.9. The second kappa shape index (κ2) is 13.0. The second-order valence-corrected chi connectivity index (χ2v) is 11.8. The lowest BCUT2D eigenvalue weighted by Crippen LogP contribution is -2.44. The molecule has 2 aromatic rings. The topological polar surface area (TPSA) is 92.7 Å². The Kier molecular flexibility index (Phi) is 10.8. The van der Waals surface area contributed by atoms with E-state index in [1.807, 2.05) is 0 Å². The van der Waals surface area contributed by atoms with Crippen LogP contribution in [0.3, 0.4) is 0 Å². The van der Waals surface area contributed by atoms with Crippen LogP contribution < -0.4 is 5.32 Å². The summed E-state index contributed by atoms with van der Waals surface area (Å²) in [6.07, 6.45) is -6.21. The molecule has 0 aliphatic rings. The number of alkyl carbamates (subject to hydrolysis) is 1. The first kappa shape index (κ1) is 30.9. The number of hydrogen-bond donors (Lipinski definition) is 2. The van der Waals surface area contributed by atoms with E-state index in [2.05, 4.69) is 5.32 Å². The highest BCUT2D eigenvalue weighted by Crippen LogP contribution is 2.39. The van der Waals surface area contributed by atoms with Gasteiger partial charge in [-0.15, -0.1) is 0 Å². The number of amides is 1. The van der Waals surface area contributed by atoms with Crippen molar-refractivity contribution in [2.24, 2.45) is 0 Å². The van der Waals surface area contributed by atoms with E-state index >= 15 is 0 Å². The van der Waals surface area contributed by atoms with Crippen LogP contribution in [0.15, 0.2) is 42.5 Å². The molecule has 2 unspecified atom stereocenters. The third-order valence-electron chi connectivity index (χ3n) is 5.21. The van der Waals surface area contributed by atoms with Crippen LogP contribution in [0.25, 0.3) is 11.1 Å². The molecule has 2 N–H and O–H groups in total. The van der Waals surface area contributed by atoms with Gasteiger partial charge in [-0.3, -0.25) is 4.21 Å². The average Bonchev–Trinajstić information content (AvgIpc) is 2.75. The zero-order valence-corrected chi connectivity index (χ0v) is 22.7. The van der Waals surface area contributed by atoms with Gasteiger partial charge in [-0.05, 0) is 56.9 Å². The van der Waals surface area contributed by atoms with Crippen molar-refractivity contribution >= 4 is 46.1 Å². The van der Waals surface area contributed by atoms with E-state index in [0.29, 0.717) is 21.2 Å². The molecule has 0 bridgehead atoms. The zero-order chi connectivity index (χ0) is 28.0. The molecule has 0 aliphatic carbocycles. The molecule has 0 fully saturated rings. The van der Waals surface area contributed by atoms with Crippen molar-refractivity contribution in [1.29, 1.82) is 0 Å². The number of benzene rings is 2. The fourth-order valence-electron chi connectivity index (χ4n) is 3.45. The zero-order valence-electron chi connectivity index (χ0n) is 20.4. The van der Waals surface area contributed by atoms with E-state index in [-0.39, 0.29) is 23.5 Å². The molecule has 0 saturated carbocycles. The number of ether oxygens (including phenoxy) is 1. The van der Waals surface area contributed by atoms with Crippen LogP contribution in [0.4, 0.5) is 18.0 Å². The minimum atomic E-state index is -4.58. The summed E-state index contributed by atoms with van der Waals surface area (Å²) in [7, 11) is -1.75. The van der Waals surface area contributed by atoms with Gasteiger partial charge in [0.2, 0.25) is 0 Å². The molecular formula is C25H28Cl2F3NO5S. The van der Waals surface area contributed by atoms with Gasteiger partial charge in [0, 0.05) is 37.9 Å². The lowest BCUT2D eigenvalue weighted by atomic mass is 9.93. The van der Waals surface area contributed by atoms with Crippen LogP contribution in [0, 0.1) is 0 Å². The molecule has 12 heteroatoms. The van der Waals surface area contributed by atoms with Gasteiger partial charge < -0.3 is 15.2 Å². The molecule has 0 spiro atoms. The molecule has 2 rings (SSSR count). The van der Waals surface area contributed by atoms with E-state index in [1.165, 1.54) is 30.3 Å². The standard InChI is InChI=1S/C25H28Cl2F3NO5S/c1-24(2,3)36-23(34)31-21(22(32)33)11-13-37(35)12-10-19(25(28,29)30)16-6-4-15(5-7-16)18-9-8-17(26)14-20(18)27/h4-9,14,19,21H,10-13H2,1-3H3,(H,31,34)(H,32,33)/t19?,21?,37-/m0/s1. The molecule has 3 atom stereocenters. The molecule has 204 valence electrons. The summed E-state index contributed by atoms with van der Waals surface area (Å²) in [5.41, 5.74) is 0.401. The van der Waals surface area contributed by atoms with E-state index in [9.17, 15) is 32.1 Å². The minimum absolute atomic E-state index is 0.00772. The molecule has 0 radical (unpaired) electrons. The van der Waals surface area contributed by atoms with Crippen LogP contribution in [0.5, 0.6) is 0 Å². The van der Waals surface area contributed by atoms with Crippen molar-refractivity contribution in [2.45, 2.75) is 57.3 Å². The third kappa shape index (κ3) is 10.2. The number of hydrogen-bond acceptors (Lipinski definition) is 4. The van der Waals surface area contributed by atoms with Gasteiger partial charge in [0.15, 0.2) is 0 Å². The molecule has 0 saturated heterocycles. The summed E-state index contributed by atoms with van der Waals surface area (Å²) in [6.45, 7) is 4.82. The maximum Gasteiger partial charge on any atom is 0.408 e. The van der Waals surface area contributed by atoms with Crippen molar-refractivity contribution < 1.29 is 36.8 Å². The Morgan fingerprint density at radius 1 is 1.03 bits per heavy atom. The lowest BCUT2D eigenvalue weighted by molar-refractivity contribution is -0.150. The smallest absolute Gasteiger partial charge is 0.408 e. The third-order valence-corrected chi connectivity index (χ3v) is 7.14. The van der Waals surface area contributed by atoms with Crippen molar-refractivity contribution in [1.82, 2.24) is 5.32 Å². The van der Waals surface area contributed by atoms with Gasteiger partial charge in [-0.1, -0.05) is 53.5 Å². The number of aliphatic carboxylic acids is 1. The Hall–Kier alpha value is -2.30. The fraction of sp³-hybridized carbons (Fsp3) is 0.440. The van der Waals surface area contributed by atoms with Gasteiger partial charge in [-0.25, -0.2) is 9.59 Å². The molecular weight excluding hydrogens is 554 g/mol. The molecule has 0 heterocycles. The van der Waals surface area contributed by atoms with Crippen LogP contribution in [0.1, 0.15) is 45.1 Å². The number of halogens is 5. The summed E-state index contributed by atoms with van der Waals surface area (Å²) in [5.74, 6) is -3.72. The second-order valence-electron chi connectivity index (χ2n) is 9.30. The molecule has 1 amide bonds. The van der Waals surface area contributed by atoms with E-state index in [0.717, 1.165) is 0 Å². The van der Waals surface area contributed by atoms with Gasteiger partial charge in [0.1, 0.15) is 11.6 Å². The largest absolute Gasteiger partial charge is 0.480 e. The highest BCUT2D eigenvalue weighted by molar-refractivity contribution is 7.84. The number of nitrogens with one attached hydrogen (secondary N) is 1. The molecule has 6 nitrogen and oxygen atoms in total. The number of rotatable bonds is 10. The van der Waals surface area contributed by atoms with Crippen LogP contribution >= 0.6 is 23.2 Å². The molecule has 37 heavy (non-hydrogen) atoms. The van der Waals surface area contributed by atoms with Gasteiger partial charge >= 0.3 is 18.2 Å². The van der Waals surface area contributed by atoms with Crippen molar-refractivity contribution in [3.8, 4) is 11.1 Å². The summed E-state index contributed by atoms with van der Waals surface area (Å²) >= 11 is 12.1. The summed E-state index contributed by atoms with van der Waals surface area (Å²) in [5, 5.41) is 12.3. The van der Waals surface area contributed by atoms with Crippen molar-refractivity contribution in [2.75, 3.05) is 11.5 Å². The number of carboxylic acid groups (broad SMARTS) is 1. The van der Waals surface area contributed by atoms with Crippen LogP contribution in [-0.2, 0) is 20.3 Å². The Bertz CT molecular complexity index is 1120. The predicted octanol–water partition coefficient (Wildman–Crippen LogP) is 6.81. The van der Waals surface area contributed by atoms with E-state index in [4.69, 9.17) is 27.9 Å². The quantitative estimate of drug-likeness (QED) is 0.321. The SMILES string of the molecule is CC(C)(C)OC(=O)NC(CC[S@@](=O)CCC(c1ccc(-c2ccc(Cl)cc2Cl)cc1)C(F)(F)F)C(=O)O. The normalized spacial score (nSPS) is 14.5. The first-order valence-electron chi connectivity index (χ1n) is 11.3. The maximum absolute atomic E-state index is 13.8. The monoisotopic (exact) mass is 581 g/mol. The van der Waals surface area contributed by atoms with Crippen LogP contribution in [0.2, 0.25) is 10.0 Å². The average molecular weight is 582 g/mol.